The predicted molar refractivity (Wildman–Crippen MR) is 90.0 cm³/mol. The SMILES string of the molecule is COC(=O)c1ccccc1N(CCNC(=O)OC(C)(C)C)C(C)=O. The zero-order valence-corrected chi connectivity index (χ0v) is 14.7. The predicted octanol–water partition coefficient (Wildman–Crippen LogP) is 2.35. The topological polar surface area (TPSA) is 84.9 Å². The van der Waals surface area contributed by atoms with E-state index in [1.54, 1.807) is 45.0 Å². The van der Waals surface area contributed by atoms with E-state index in [1.807, 2.05) is 0 Å². The van der Waals surface area contributed by atoms with E-state index in [-0.39, 0.29) is 24.6 Å². The third-order valence-electron chi connectivity index (χ3n) is 2.98. The molecule has 0 saturated heterocycles. The molecule has 0 unspecified atom stereocenters. The second kappa shape index (κ2) is 8.33. The second-order valence-corrected chi connectivity index (χ2v) is 6.11. The normalized spacial score (nSPS) is 10.7. The number of rotatable bonds is 5. The van der Waals surface area contributed by atoms with Gasteiger partial charge in [0.05, 0.1) is 18.4 Å². The molecule has 1 aromatic rings. The number of benzene rings is 1. The molecule has 132 valence electrons. The van der Waals surface area contributed by atoms with Gasteiger partial charge in [-0.05, 0) is 32.9 Å². The van der Waals surface area contributed by atoms with E-state index < -0.39 is 17.7 Å². The summed E-state index contributed by atoms with van der Waals surface area (Å²) in [4.78, 5) is 36.9. The summed E-state index contributed by atoms with van der Waals surface area (Å²) in [5, 5.41) is 2.59. The first-order valence-electron chi connectivity index (χ1n) is 7.58. The van der Waals surface area contributed by atoms with Crippen molar-refractivity contribution in [3.8, 4) is 0 Å². The summed E-state index contributed by atoms with van der Waals surface area (Å²) in [6.45, 7) is 7.07. The first-order chi connectivity index (χ1) is 11.2. The number of carbonyl (C=O) groups is 3. The van der Waals surface area contributed by atoms with Gasteiger partial charge in [0, 0.05) is 20.0 Å². The van der Waals surface area contributed by atoms with Crippen molar-refractivity contribution >= 4 is 23.7 Å². The lowest BCUT2D eigenvalue weighted by atomic mass is 10.1. The molecule has 0 saturated carbocycles. The third-order valence-corrected chi connectivity index (χ3v) is 2.98. The number of anilines is 1. The molecule has 0 radical (unpaired) electrons. The number of alkyl carbamates (subject to hydrolysis) is 1. The minimum absolute atomic E-state index is 0.185. The van der Waals surface area contributed by atoms with Gasteiger partial charge in [0.25, 0.3) is 0 Å². The minimum atomic E-state index is -0.595. The molecular weight excluding hydrogens is 312 g/mol. The maximum Gasteiger partial charge on any atom is 0.407 e. The van der Waals surface area contributed by atoms with Gasteiger partial charge >= 0.3 is 12.1 Å². The van der Waals surface area contributed by atoms with Crippen LogP contribution in [-0.4, -0.2) is 43.8 Å². The highest BCUT2D eigenvalue weighted by Gasteiger charge is 2.20. The highest BCUT2D eigenvalue weighted by Crippen LogP contribution is 2.21. The summed E-state index contributed by atoms with van der Waals surface area (Å²) in [7, 11) is 1.28. The Morgan fingerprint density at radius 1 is 1.17 bits per heavy atom. The largest absolute Gasteiger partial charge is 0.465 e. The lowest BCUT2D eigenvalue weighted by Gasteiger charge is -2.24. The van der Waals surface area contributed by atoms with Crippen LogP contribution in [0.1, 0.15) is 38.1 Å². The van der Waals surface area contributed by atoms with Crippen LogP contribution in [0.3, 0.4) is 0 Å². The van der Waals surface area contributed by atoms with E-state index in [0.29, 0.717) is 5.69 Å². The number of carbonyl (C=O) groups excluding carboxylic acids is 3. The molecule has 1 N–H and O–H groups in total. The number of ether oxygens (including phenoxy) is 2. The zero-order valence-electron chi connectivity index (χ0n) is 14.7. The smallest absolute Gasteiger partial charge is 0.407 e. The van der Waals surface area contributed by atoms with Gasteiger partial charge < -0.3 is 19.7 Å². The zero-order chi connectivity index (χ0) is 18.3. The van der Waals surface area contributed by atoms with Crippen LogP contribution in [0.25, 0.3) is 0 Å². The van der Waals surface area contributed by atoms with Crippen LogP contribution in [0.2, 0.25) is 0 Å². The number of esters is 1. The monoisotopic (exact) mass is 336 g/mol. The molecule has 0 atom stereocenters. The Morgan fingerprint density at radius 3 is 2.33 bits per heavy atom. The van der Waals surface area contributed by atoms with Crippen LogP contribution in [0, 0.1) is 0 Å². The Kier molecular flexibility index (Phi) is 6.76. The van der Waals surface area contributed by atoms with Gasteiger partial charge in [0.1, 0.15) is 5.60 Å². The number of methoxy groups -OCH3 is 1. The summed E-state index contributed by atoms with van der Waals surface area (Å²) < 4.78 is 9.88. The number of hydrogen-bond acceptors (Lipinski definition) is 5. The van der Waals surface area contributed by atoms with Gasteiger partial charge in [-0.15, -0.1) is 0 Å². The molecule has 1 rings (SSSR count). The average Bonchev–Trinajstić information content (AvgIpc) is 2.48. The highest BCUT2D eigenvalue weighted by atomic mass is 16.6. The number of amides is 2. The summed E-state index contributed by atoms with van der Waals surface area (Å²) in [6, 6.07) is 6.64. The molecule has 7 heteroatoms. The van der Waals surface area contributed by atoms with Crippen LogP contribution < -0.4 is 10.2 Å². The van der Waals surface area contributed by atoms with E-state index >= 15 is 0 Å². The number of para-hydroxylation sites is 1. The van der Waals surface area contributed by atoms with E-state index in [2.05, 4.69) is 5.32 Å². The number of nitrogens with zero attached hydrogens (tertiary/aromatic N) is 1. The number of hydrogen-bond donors (Lipinski definition) is 1. The van der Waals surface area contributed by atoms with Crippen molar-refractivity contribution in [2.24, 2.45) is 0 Å². The maximum absolute atomic E-state index is 11.9. The van der Waals surface area contributed by atoms with Crippen LogP contribution in [0.4, 0.5) is 10.5 Å². The van der Waals surface area contributed by atoms with Crippen molar-refractivity contribution in [1.82, 2.24) is 5.32 Å². The molecule has 0 aliphatic carbocycles. The first kappa shape index (κ1) is 19.5. The Morgan fingerprint density at radius 2 is 1.79 bits per heavy atom. The van der Waals surface area contributed by atoms with Crippen LogP contribution in [0.15, 0.2) is 24.3 Å². The third kappa shape index (κ3) is 5.91. The van der Waals surface area contributed by atoms with Crippen molar-refractivity contribution in [2.75, 3.05) is 25.1 Å². The molecule has 2 amide bonds. The van der Waals surface area contributed by atoms with Crippen molar-refractivity contribution < 1.29 is 23.9 Å². The van der Waals surface area contributed by atoms with Gasteiger partial charge in [-0.3, -0.25) is 4.79 Å². The van der Waals surface area contributed by atoms with Crippen molar-refractivity contribution in [3.63, 3.8) is 0 Å². The number of nitrogens with one attached hydrogen (secondary N) is 1. The lowest BCUT2D eigenvalue weighted by molar-refractivity contribution is -0.116. The van der Waals surface area contributed by atoms with E-state index in [9.17, 15) is 14.4 Å². The van der Waals surface area contributed by atoms with Crippen molar-refractivity contribution in [2.45, 2.75) is 33.3 Å². The molecule has 0 aromatic heterocycles. The lowest BCUT2D eigenvalue weighted by Crippen LogP contribution is -2.40. The van der Waals surface area contributed by atoms with Gasteiger partial charge in [-0.1, -0.05) is 12.1 Å². The molecule has 0 spiro atoms. The summed E-state index contributed by atoms with van der Waals surface area (Å²) in [6.07, 6.45) is -0.563. The van der Waals surface area contributed by atoms with Gasteiger partial charge in [-0.2, -0.15) is 0 Å². The molecule has 24 heavy (non-hydrogen) atoms. The quantitative estimate of drug-likeness (QED) is 0.834. The molecule has 0 aliphatic heterocycles. The summed E-state index contributed by atoms with van der Waals surface area (Å²) in [5.74, 6) is -0.783. The van der Waals surface area contributed by atoms with Crippen molar-refractivity contribution in [3.05, 3.63) is 29.8 Å². The molecule has 0 heterocycles. The van der Waals surface area contributed by atoms with Crippen LogP contribution in [-0.2, 0) is 14.3 Å². The Labute approximate surface area is 141 Å². The first-order valence-corrected chi connectivity index (χ1v) is 7.58. The Hall–Kier alpha value is -2.57. The molecule has 0 bridgehead atoms. The molecule has 0 fully saturated rings. The molecular formula is C17H24N2O5. The van der Waals surface area contributed by atoms with Crippen LogP contribution >= 0.6 is 0 Å². The second-order valence-electron chi connectivity index (χ2n) is 6.11. The van der Waals surface area contributed by atoms with Gasteiger partial charge in [-0.25, -0.2) is 9.59 Å². The Bertz CT molecular complexity index is 607. The average molecular weight is 336 g/mol. The standard InChI is InChI=1S/C17H24N2O5/c1-12(20)19(11-10-18-16(22)24-17(2,3)4)14-9-7-6-8-13(14)15(21)23-5/h6-9H,10-11H2,1-5H3,(H,18,22). The minimum Gasteiger partial charge on any atom is -0.465 e. The van der Waals surface area contributed by atoms with Crippen LogP contribution in [0.5, 0.6) is 0 Å². The maximum atomic E-state index is 11.9. The fraction of sp³-hybridized carbons (Fsp3) is 0.471. The Balaban J connectivity index is 2.81. The fourth-order valence-corrected chi connectivity index (χ4v) is 2.02. The van der Waals surface area contributed by atoms with Gasteiger partial charge in [0.2, 0.25) is 5.91 Å². The van der Waals surface area contributed by atoms with E-state index in [0.717, 1.165) is 0 Å². The molecule has 7 nitrogen and oxygen atoms in total. The molecule has 0 aliphatic rings. The van der Waals surface area contributed by atoms with E-state index in [1.165, 1.54) is 18.9 Å². The van der Waals surface area contributed by atoms with E-state index in [4.69, 9.17) is 9.47 Å². The van der Waals surface area contributed by atoms with Gasteiger partial charge in [0.15, 0.2) is 0 Å². The van der Waals surface area contributed by atoms with Crippen molar-refractivity contribution in [1.29, 1.82) is 0 Å². The highest BCUT2D eigenvalue weighted by molar-refractivity contribution is 6.01. The summed E-state index contributed by atoms with van der Waals surface area (Å²) >= 11 is 0. The summed E-state index contributed by atoms with van der Waals surface area (Å²) in [5.41, 5.74) is 0.122. The fourth-order valence-electron chi connectivity index (χ4n) is 2.02. The molecule has 1 aromatic carbocycles.